The molecule has 2 aromatic carbocycles. The molecule has 0 saturated heterocycles. The van der Waals surface area contributed by atoms with Gasteiger partial charge in [0.2, 0.25) is 15.9 Å². The molecule has 0 fully saturated rings. The highest BCUT2D eigenvalue weighted by Gasteiger charge is 2.32. The lowest BCUT2D eigenvalue weighted by Crippen LogP contribution is -2.50. The highest BCUT2D eigenvalue weighted by atomic mass is 32.2. The lowest BCUT2D eigenvalue weighted by atomic mass is 10.2. The Balaban J connectivity index is 1.97. The van der Waals surface area contributed by atoms with Crippen LogP contribution in [-0.2, 0) is 20.6 Å². The number of para-hydroxylation sites is 1. The molecule has 0 bridgehead atoms. The Morgan fingerprint density at radius 1 is 1.17 bits per heavy atom. The largest absolute Gasteiger partial charge is 0.353 e. The third-order valence-electron chi connectivity index (χ3n) is 4.35. The van der Waals surface area contributed by atoms with Crippen molar-refractivity contribution in [2.45, 2.75) is 32.1 Å². The van der Waals surface area contributed by atoms with Crippen molar-refractivity contribution in [3.05, 3.63) is 65.5 Å². The molecule has 1 atom stereocenters. The minimum atomic E-state index is -3.84. The molecule has 0 saturated carbocycles. The zero-order chi connectivity index (χ0) is 21.4. The van der Waals surface area contributed by atoms with Gasteiger partial charge in [-0.3, -0.25) is 9.10 Å². The van der Waals surface area contributed by atoms with E-state index in [1.807, 2.05) is 6.92 Å². The van der Waals surface area contributed by atoms with Crippen molar-refractivity contribution in [1.82, 2.24) is 5.32 Å². The highest BCUT2D eigenvalue weighted by Crippen LogP contribution is 2.25. The zero-order valence-electron chi connectivity index (χ0n) is 16.9. The smallest absolute Gasteiger partial charge is 0.243 e. The zero-order valence-corrected chi connectivity index (χ0v) is 18.5. The monoisotopic (exact) mass is 438 g/mol. The van der Waals surface area contributed by atoms with Gasteiger partial charge in [-0.05, 0) is 31.0 Å². The molecule has 0 aliphatic rings. The van der Waals surface area contributed by atoms with E-state index < -0.39 is 27.8 Å². The number of halogens is 1. The van der Waals surface area contributed by atoms with E-state index in [9.17, 15) is 17.6 Å². The SMILES string of the molecule is CCC(C(=O)NCCSCc1ccc(C)cc1)N(c1ccccc1F)S(C)(=O)=O. The van der Waals surface area contributed by atoms with Gasteiger partial charge >= 0.3 is 0 Å². The second kappa shape index (κ2) is 10.6. The quantitative estimate of drug-likeness (QED) is 0.574. The number of amides is 1. The number of benzene rings is 2. The number of rotatable bonds is 10. The number of hydrogen-bond acceptors (Lipinski definition) is 4. The van der Waals surface area contributed by atoms with Crippen LogP contribution in [0.5, 0.6) is 0 Å². The predicted molar refractivity (Wildman–Crippen MR) is 118 cm³/mol. The number of carbonyl (C=O) groups excluding carboxylic acids is 1. The number of sulfonamides is 1. The van der Waals surface area contributed by atoms with Crippen molar-refractivity contribution in [2.75, 3.05) is 22.9 Å². The van der Waals surface area contributed by atoms with E-state index in [1.165, 1.54) is 29.3 Å². The lowest BCUT2D eigenvalue weighted by molar-refractivity contribution is -0.122. The van der Waals surface area contributed by atoms with Gasteiger partial charge in [-0.1, -0.05) is 48.9 Å². The first-order chi connectivity index (χ1) is 13.7. The first kappa shape index (κ1) is 23.2. The van der Waals surface area contributed by atoms with Crippen LogP contribution in [0.3, 0.4) is 0 Å². The molecule has 0 aliphatic heterocycles. The number of thioether (sulfide) groups is 1. The van der Waals surface area contributed by atoms with Crippen LogP contribution in [0, 0.1) is 12.7 Å². The van der Waals surface area contributed by atoms with E-state index in [2.05, 4.69) is 29.6 Å². The summed E-state index contributed by atoms with van der Waals surface area (Å²) in [6.45, 7) is 4.15. The summed E-state index contributed by atoms with van der Waals surface area (Å²) in [5.41, 5.74) is 2.30. The molecule has 2 aromatic rings. The normalized spacial score (nSPS) is 12.4. The van der Waals surface area contributed by atoms with Gasteiger partial charge in [0.25, 0.3) is 0 Å². The molecule has 0 aliphatic carbocycles. The van der Waals surface area contributed by atoms with Crippen LogP contribution in [-0.4, -0.2) is 38.9 Å². The summed E-state index contributed by atoms with van der Waals surface area (Å²) < 4.78 is 39.7. The first-order valence-corrected chi connectivity index (χ1v) is 12.4. The standard InChI is InChI=1S/C21H27FN2O3S2/c1-4-19(24(29(3,26)27)20-8-6-5-7-18(20)22)21(25)23-13-14-28-15-17-11-9-16(2)10-12-17/h5-12,19H,4,13-15H2,1-3H3,(H,23,25). The van der Waals surface area contributed by atoms with Crippen LogP contribution in [0.4, 0.5) is 10.1 Å². The third-order valence-corrected chi connectivity index (χ3v) is 6.55. The van der Waals surface area contributed by atoms with E-state index >= 15 is 0 Å². The first-order valence-electron chi connectivity index (χ1n) is 9.39. The molecular formula is C21H27FN2O3S2. The van der Waals surface area contributed by atoms with Crippen LogP contribution in [0.25, 0.3) is 0 Å². The molecule has 1 amide bonds. The fourth-order valence-electron chi connectivity index (χ4n) is 2.90. The molecule has 2 rings (SSSR count). The number of hydrogen-bond donors (Lipinski definition) is 1. The number of carbonyl (C=O) groups is 1. The van der Waals surface area contributed by atoms with Crippen LogP contribution in [0.2, 0.25) is 0 Å². The fourth-order valence-corrected chi connectivity index (χ4v) is 4.94. The Morgan fingerprint density at radius 3 is 2.41 bits per heavy atom. The van der Waals surface area contributed by atoms with Gasteiger partial charge in [0.15, 0.2) is 0 Å². The Hall–Kier alpha value is -2.06. The van der Waals surface area contributed by atoms with Gasteiger partial charge < -0.3 is 5.32 Å². The Labute approximate surface area is 176 Å². The molecule has 29 heavy (non-hydrogen) atoms. The molecule has 158 valence electrons. The summed E-state index contributed by atoms with van der Waals surface area (Å²) in [4.78, 5) is 12.7. The second-order valence-electron chi connectivity index (χ2n) is 6.76. The van der Waals surface area contributed by atoms with Crippen molar-refractivity contribution < 1.29 is 17.6 Å². The lowest BCUT2D eigenvalue weighted by Gasteiger charge is -2.30. The molecule has 0 radical (unpaired) electrons. The van der Waals surface area contributed by atoms with Crippen molar-refractivity contribution >= 4 is 33.4 Å². The maximum atomic E-state index is 14.2. The second-order valence-corrected chi connectivity index (χ2v) is 9.73. The molecule has 5 nitrogen and oxygen atoms in total. The van der Waals surface area contributed by atoms with E-state index in [-0.39, 0.29) is 12.1 Å². The molecule has 0 aromatic heterocycles. The maximum absolute atomic E-state index is 14.2. The maximum Gasteiger partial charge on any atom is 0.243 e. The summed E-state index contributed by atoms with van der Waals surface area (Å²) in [6.07, 6.45) is 1.20. The minimum absolute atomic E-state index is 0.120. The van der Waals surface area contributed by atoms with Crippen molar-refractivity contribution in [3.63, 3.8) is 0 Å². The Kier molecular flexibility index (Phi) is 8.52. The predicted octanol–water partition coefficient (Wildman–Crippen LogP) is 3.73. The van der Waals surface area contributed by atoms with Crippen molar-refractivity contribution in [2.24, 2.45) is 0 Å². The summed E-state index contributed by atoms with van der Waals surface area (Å²) in [5.74, 6) is 0.405. The molecule has 0 spiro atoms. The summed E-state index contributed by atoms with van der Waals surface area (Å²) in [6, 6.07) is 12.8. The van der Waals surface area contributed by atoms with Crippen LogP contribution in [0.15, 0.2) is 48.5 Å². The topological polar surface area (TPSA) is 66.5 Å². The van der Waals surface area contributed by atoms with Gasteiger partial charge in [0, 0.05) is 18.1 Å². The average molecular weight is 439 g/mol. The Morgan fingerprint density at radius 2 is 1.83 bits per heavy atom. The average Bonchev–Trinajstić information content (AvgIpc) is 2.67. The Bertz CT molecular complexity index is 918. The van der Waals surface area contributed by atoms with E-state index in [4.69, 9.17) is 0 Å². The van der Waals surface area contributed by atoms with Crippen molar-refractivity contribution in [3.8, 4) is 0 Å². The van der Waals surface area contributed by atoms with Gasteiger partial charge in [0.05, 0.1) is 11.9 Å². The third kappa shape index (κ3) is 6.75. The van der Waals surface area contributed by atoms with Crippen molar-refractivity contribution in [1.29, 1.82) is 0 Å². The fraction of sp³-hybridized carbons (Fsp3) is 0.381. The molecule has 1 N–H and O–H groups in total. The number of nitrogens with one attached hydrogen (secondary N) is 1. The van der Waals surface area contributed by atoms with Crippen LogP contribution in [0.1, 0.15) is 24.5 Å². The molecule has 0 heterocycles. The highest BCUT2D eigenvalue weighted by molar-refractivity contribution is 7.98. The number of aryl methyl sites for hydroxylation is 1. The van der Waals surface area contributed by atoms with E-state index in [0.29, 0.717) is 12.3 Å². The molecule has 8 heteroatoms. The summed E-state index contributed by atoms with van der Waals surface area (Å²) >= 11 is 1.68. The minimum Gasteiger partial charge on any atom is -0.353 e. The van der Waals surface area contributed by atoms with Gasteiger partial charge in [-0.2, -0.15) is 11.8 Å². The van der Waals surface area contributed by atoms with Gasteiger partial charge in [-0.25, -0.2) is 12.8 Å². The molecular weight excluding hydrogens is 411 g/mol. The van der Waals surface area contributed by atoms with E-state index in [0.717, 1.165) is 16.3 Å². The number of nitrogens with zero attached hydrogens (tertiary/aromatic N) is 1. The van der Waals surface area contributed by atoms with Gasteiger partial charge in [-0.15, -0.1) is 0 Å². The van der Waals surface area contributed by atoms with Crippen LogP contribution < -0.4 is 9.62 Å². The van der Waals surface area contributed by atoms with Crippen LogP contribution >= 0.6 is 11.8 Å². The molecule has 1 unspecified atom stereocenters. The van der Waals surface area contributed by atoms with Gasteiger partial charge in [0.1, 0.15) is 11.9 Å². The van der Waals surface area contributed by atoms with E-state index in [1.54, 1.807) is 24.8 Å². The number of anilines is 1. The summed E-state index contributed by atoms with van der Waals surface area (Å²) in [7, 11) is -3.84. The summed E-state index contributed by atoms with van der Waals surface area (Å²) in [5, 5.41) is 2.78.